The quantitative estimate of drug-likeness (QED) is 0.556. The number of carbonyl (C=O) groups is 1. The Labute approximate surface area is 83.1 Å². The van der Waals surface area contributed by atoms with Crippen molar-refractivity contribution in [3.05, 3.63) is 35.9 Å². The number of aryl methyl sites for hydroxylation is 1. The summed E-state index contributed by atoms with van der Waals surface area (Å²) in [5.74, 6) is -0.226. The van der Waals surface area contributed by atoms with E-state index in [1.54, 1.807) is 25.1 Å². The van der Waals surface area contributed by atoms with Gasteiger partial charge in [0, 0.05) is 5.57 Å². The molecule has 0 spiro atoms. The Morgan fingerprint density at radius 3 is 2.71 bits per heavy atom. The van der Waals surface area contributed by atoms with E-state index in [0.717, 1.165) is 5.56 Å². The van der Waals surface area contributed by atoms with Gasteiger partial charge in [0.2, 0.25) is 0 Å². The first-order valence-corrected chi connectivity index (χ1v) is 4.27. The van der Waals surface area contributed by atoms with Gasteiger partial charge < -0.3 is 10.4 Å². The molecule has 0 aliphatic heterocycles. The number of carbonyl (C=O) groups excluding carboxylic acids is 1. The minimum atomic E-state index is -0.286. The molecule has 0 aliphatic carbocycles. The number of benzene rings is 1. The molecule has 3 nitrogen and oxygen atoms in total. The number of phenols is 1. The van der Waals surface area contributed by atoms with Gasteiger partial charge in [-0.15, -0.1) is 0 Å². The zero-order chi connectivity index (χ0) is 10.7. The number of rotatable bonds is 2. The molecule has 0 aliphatic rings. The average Bonchev–Trinajstić information content (AvgIpc) is 2.11. The van der Waals surface area contributed by atoms with Crippen molar-refractivity contribution in [1.29, 1.82) is 0 Å². The van der Waals surface area contributed by atoms with E-state index in [4.69, 9.17) is 0 Å². The van der Waals surface area contributed by atoms with Gasteiger partial charge in [0.15, 0.2) is 0 Å². The lowest BCUT2D eigenvalue weighted by atomic mass is 10.2. The maximum absolute atomic E-state index is 11.3. The zero-order valence-electron chi connectivity index (χ0n) is 8.29. The van der Waals surface area contributed by atoms with Crippen LogP contribution in [0.3, 0.4) is 0 Å². The van der Waals surface area contributed by atoms with Crippen LogP contribution in [0.5, 0.6) is 5.75 Å². The molecule has 74 valence electrons. The summed E-state index contributed by atoms with van der Waals surface area (Å²) in [6.45, 7) is 7.01. The molecule has 1 aromatic carbocycles. The third-order valence-corrected chi connectivity index (χ3v) is 1.79. The number of hydrogen-bond acceptors (Lipinski definition) is 2. The molecule has 0 unspecified atom stereocenters. The van der Waals surface area contributed by atoms with E-state index in [1.165, 1.54) is 0 Å². The molecule has 14 heavy (non-hydrogen) atoms. The molecule has 1 amide bonds. The van der Waals surface area contributed by atoms with E-state index in [9.17, 15) is 9.90 Å². The predicted octanol–water partition coefficient (Wildman–Crippen LogP) is 2.22. The zero-order valence-corrected chi connectivity index (χ0v) is 8.29. The Morgan fingerprint density at radius 1 is 1.50 bits per heavy atom. The molecule has 3 heteroatoms. The van der Waals surface area contributed by atoms with Crippen LogP contribution in [0.25, 0.3) is 0 Å². The molecule has 0 aromatic heterocycles. The van der Waals surface area contributed by atoms with Gasteiger partial charge in [0.1, 0.15) is 5.75 Å². The smallest absolute Gasteiger partial charge is 0.250 e. The highest BCUT2D eigenvalue weighted by Crippen LogP contribution is 2.23. The number of nitrogens with one attached hydrogen (secondary N) is 1. The highest BCUT2D eigenvalue weighted by atomic mass is 16.3. The van der Waals surface area contributed by atoms with Crippen LogP contribution in [0, 0.1) is 6.92 Å². The average molecular weight is 191 g/mol. The van der Waals surface area contributed by atoms with Crippen molar-refractivity contribution in [2.75, 3.05) is 5.32 Å². The highest BCUT2D eigenvalue weighted by molar-refractivity contribution is 6.03. The van der Waals surface area contributed by atoms with Crippen LogP contribution in [0.4, 0.5) is 5.69 Å². The Balaban J connectivity index is 2.91. The summed E-state index contributed by atoms with van der Waals surface area (Å²) < 4.78 is 0. The van der Waals surface area contributed by atoms with Gasteiger partial charge in [-0.05, 0) is 31.5 Å². The molecular formula is C11H13NO2. The van der Waals surface area contributed by atoms with Gasteiger partial charge in [-0.1, -0.05) is 12.6 Å². The topological polar surface area (TPSA) is 49.3 Å². The first-order valence-electron chi connectivity index (χ1n) is 4.27. The summed E-state index contributed by atoms with van der Waals surface area (Å²) in [6, 6.07) is 5.02. The molecule has 0 saturated carbocycles. The second kappa shape index (κ2) is 3.96. The predicted molar refractivity (Wildman–Crippen MR) is 56.3 cm³/mol. The number of anilines is 1. The molecule has 0 saturated heterocycles. The SMILES string of the molecule is C=C(C)C(=O)Nc1cc(C)ccc1O. The van der Waals surface area contributed by atoms with Crippen LogP contribution in [0.1, 0.15) is 12.5 Å². The highest BCUT2D eigenvalue weighted by Gasteiger charge is 2.06. The summed E-state index contributed by atoms with van der Waals surface area (Å²) in [6.07, 6.45) is 0. The number of amides is 1. The first kappa shape index (κ1) is 10.3. The Kier molecular flexibility index (Phi) is 2.92. The lowest BCUT2D eigenvalue weighted by Crippen LogP contribution is -2.11. The van der Waals surface area contributed by atoms with Crippen molar-refractivity contribution in [2.45, 2.75) is 13.8 Å². The Hall–Kier alpha value is -1.77. The van der Waals surface area contributed by atoms with Crippen LogP contribution >= 0.6 is 0 Å². The van der Waals surface area contributed by atoms with E-state index in [1.807, 2.05) is 6.92 Å². The fourth-order valence-electron chi connectivity index (χ4n) is 0.979. The second-order valence-corrected chi connectivity index (χ2v) is 3.26. The minimum absolute atomic E-state index is 0.0604. The maximum atomic E-state index is 11.3. The molecule has 0 atom stereocenters. The van der Waals surface area contributed by atoms with Crippen molar-refractivity contribution in [1.82, 2.24) is 0 Å². The fourth-order valence-corrected chi connectivity index (χ4v) is 0.979. The summed E-state index contributed by atoms with van der Waals surface area (Å²) in [7, 11) is 0. The van der Waals surface area contributed by atoms with Crippen LogP contribution in [-0.4, -0.2) is 11.0 Å². The fraction of sp³-hybridized carbons (Fsp3) is 0.182. The summed E-state index contributed by atoms with van der Waals surface area (Å²) in [5, 5.41) is 12.0. The van der Waals surface area contributed by atoms with E-state index in [-0.39, 0.29) is 11.7 Å². The van der Waals surface area contributed by atoms with Crippen LogP contribution < -0.4 is 5.32 Å². The van der Waals surface area contributed by atoms with Crippen LogP contribution in [0.2, 0.25) is 0 Å². The van der Waals surface area contributed by atoms with Gasteiger partial charge in [0.25, 0.3) is 5.91 Å². The van der Waals surface area contributed by atoms with E-state index < -0.39 is 0 Å². The summed E-state index contributed by atoms with van der Waals surface area (Å²) in [4.78, 5) is 11.3. The summed E-state index contributed by atoms with van der Waals surface area (Å²) in [5.41, 5.74) is 1.80. The molecule has 2 N–H and O–H groups in total. The molecule has 1 rings (SSSR count). The Bertz CT molecular complexity index is 383. The van der Waals surface area contributed by atoms with Gasteiger partial charge in [-0.25, -0.2) is 0 Å². The van der Waals surface area contributed by atoms with E-state index in [0.29, 0.717) is 11.3 Å². The minimum Gasteiger partial charge on any atom is -0.506 e. The number of phenolic OH excluding ortho intramolecular Hbond substituents is 1. The third kappa shape index (κ3) is 2.36. The van der Waals surface area contributed by atoms with Crippen molar-refractivity contribution in [3.63, 3.8) is 0 Å². The standard InChI is InChI=1S/C11H13NO2/c1-7(2)11(14)12-9-6-8(3)4-5-10(9)13/h4-6,13H,1H2,2-3H3,(H,12,14). The van der Waals surface area contributed by atoms with Gasteiger partial charge >= 0.3 is 0 Å². The van der Waals surface area contributed by atoms with Crippen molar-refractivity contribution in [2.24, 2.45) is 0 Å². The molecule has 1 aromatic rings. The van der Waals surface area contributed by atoms with Crippen LogP contribution in [-0.2, 0) is 4.79 Å². The number of aromatic hydroxyl groups is 1. The largest absolute Gasteiger partial charge is 0.506 e. The monoisotopic (exact) mass is 191 g/mol. The summed E-state index contributed by atoms with van der Waals surface area (Å²) >= 11 is 0. The maximum Gasteiger partial charge on any atom is 0.250 e. The second-order valence-electron chi connectivity index (χ2n) is 3.26. The van der Waals surface area contributed by atoms with E-state index >= 15 is 0 Å². The van der Waals surface area contributed by atoms with Gasteiger partial charge in [-0.2, -0.15) is 0 Å². The lowest BCUT2D eigenvalue weighted by molar-refractivity contribution is -0.112. The van der Waals surface area contributed by atoms with Crippen LogP contribution in [0.15, 0.2) is 30.4 Å². The third-order valence-electron chi connectivity index (χ3n) is 1.79. The normalized spacial score (nSPS) is 9.57. The molecule has 0 heterocycles. The Morgan fingerprint density at radius 2 is 2.14 bits per heavy atom. The molecular weight excluding hydrogens is 178 g/mol. The van der Waals surface area contributed by atoms with E-state index in [2.05, 4.69) is 11.9 Å². The molecule has 0 bridgehead atoms. The number of hydrogen-bond donors (Lipinski definition) is 2. The van der Waals surface area contributed by atoms with Gasteiger partial charge in [-0.3, -0.25) is 4.79 Å². The van der Waals surface area contributed by atoms with Crippen molar-refractivity contribution < 1.29 is 9.90 Å². The molecule has 0 radical (unpaired) electrons. The molecule has 0 fully saturated rings. The first-order chi connectivity index (χ1) is 6.50. The van der Waals surface area contributed by atoms with Gasteiger partial charge in [0.05, 0.1) is 5.69 Å². The lowest BCUT2D eigenvalue weighted by Gasteiger charge is -2.07. The van der Waals surface area contributed by atoms with Crippen molar-refractivity contribution in [3.8, 4) is 5.75 Å². The van der Waals surface area contributed by atoms with Crippen molar-refractivity contribution >= 4 is 11.6 Å².